The first kappa shape index (κ1) is 14.2. The summed E-state index contributed by atoms with van der Waals surface area (Å²) in [5, 5.41) is 13.2. The van der Waals surface area contributed by atoms with E-state index in [2.05, 4.69) is 12.2 Å². The van der Waals surface area contributed by atoms with E-state index in [9.17, 15) is 5.11 Å². The fourth-order valence-corrected chi connectivity index (χ4v) is 1.99. The molecule has 3 heteroatoms. The van der Waals surface area contributed by atoms with Crippen molar-refractivity contribution in [3.8, 4) is 0 Å². The molecule has 0 saturated heterocycles. The van der Waals surface area contributed by atoms with Crippen LogP contribution in [0.25, 0.3) is 0 Å². The van der Waals surface area contributed by atoms with Gasteiger partial charge in [0.25, 0.3) is 0 Å². The second-order valence-corrected chi connectivity index (χ2v) is 4.12. The van der Waals surface area contributed by atoms with E-state index in [-0.39, 0.29) is 18.5 Å². The van der Waals surface area contributed by atoms with Gasteiger partial charge in [-0.2, -0.15) is 0 Å². The molecule has 2 nitrogen and oxygen atoms in total. The highest BCUT2D eigenvalue weighted by Gasteiger charge is 2.20. The van der Waals surface area contributed by atoms with Gasteiger partial charge in [0.05, 0.1) is 6.10 Å². The van der Waals surface area contributed by atoms with Crippen molar-refractivity contribution >= 4 is 12.4 Å². The van der Waals surface area contributed by atoms with Gasteiger partial charge in [0.1, 0.15) is 0 Å². The smallest absolute Gasteiger partial charge is 0.0693 e. The van der Waals surface area contributed by atoms with Crippen LogP contribution in [0.3, 0.4) is 0 Å². The number of rotatable bonds is 4. The summed E-state index contributed by atoms with van der Waals surface area (Å²) in [7, 11) is 0. The Morgan fingerprint density at radius 2 is 1.93 bits per heavy atom. The summed E-state index contributed by atoms with van der Waals surface area (Å²) in [6, 6.07) is 0.369. The highest BCUT2D eigenvalue weighted by Crippen LogP contribution is 2.17. The Hall–Kier alpha value is 0.210. The van der Waals surface area contributed by atoms with Gasteiger partial charge in [0, 0.05) is 6.04 Å². The van der Waals surface area contributed by atoms with Crippen LogP contribution in [0.15, 0.2) is 0 Å². The molecule has 14 heavy (non-hydrogen) atoms. The molecule has 0 aromatic carbocycles. The minimum absolute atomic E-state index is 0. The minimum atomic E-state index is -0.0978. The third-order valence-electron chi connectivity index (χ3n) is 2.92. The molecule has 0 radical (unpaired) electrons. The Kier molecular flexibility index (Phi) is 8.64. The molecular formula is C11H24ClNO. The van der Waals surface area contributed by atoms with Crippen molar-refractivity contribution in [2.24, 2.45) is 0 Å². The van der Waals surface area contributed by atoms with Crippen molar-refractivity contribution < 1.29 is 5.11 Å². The van der Waals surface area contributed by atoms with Crippen molar-refractivity contribution in [1.82, 2.24) is 5.32 Å². The average molecular weight is 222 g/mol. The van der Waals surface area contributed by atoms with E-state index in [4.69, 9.17) is 0 Å². The highest BCUT2D eigenvalue weighted by atomic mass is 35.5. The fourth-order valence-electron chi connectivity index (χ4n) is 1.99. The summed E-state index contributed by atoms with van der Waals surface area (Å²) in [5.74, 6) is 0. The lowest BCUT2D eigenvalue weighted by Gasteiger charge is -2.21. The quantitative estimate of drug-likeness (QED) is 0.565. The summed E-state index contributed by atoms with van der Waals surface area (Å²) in [5.41, 5.74) is 0. The zero-order chi connectivity index (χ0) is 9.52. The molecule has 0 heterocycles. The molecule has 0 spiro atoms. The molecule has 86 valence electrons. The van der Waals surface area contributed by atoms with Gasteiger partial charge in [-0.3, -0.25) is 0 Å². The lowest BCUT2D eigenvalue weighted by atomic mass is 10.1. The molecule has 2 N–H and O–H groups in total. The van der Waals surface area contributed by atoms with Crippen molar-refractivity contribution in [3.05, 3.63) is 0 Å². The maximum Gasteiger partial charge on any atom is 0.0693 e. The lowest BCUT2D eigenvalue weighted by Crippen LogP contribution is -2.39. The standard InChI is InChI=1S/C11H23NO.ClH/c1-2-3-9-12-10-7-5-4-6-8-11(10)13;/h10-13H,2-9H2,1H3;1H/t10?,11-;/m1./s1. The number of nitrogens with one attached hydrogen (secondary N) is 1. The van der Waals surface area contributed by atoms with Crippen LogP contribution in [0.2, 0.25) is 0 Å². The van der Waals surface area contributed by atoms with Gasteiger partial charge in [-0.1, -0.05) is 32.6 Å². The van der Waals surface area contributed by atoms with Crippen molar-refractivity contribution in [1.29, 1.82) is 0 Å². The molecule has 1 aliphatic carbocycles. The van der Waals surface area contributed by atoms with Crippen LogP contribution < -0.4 is 5.32 Å². The van der Waals surface area contributed by atoms with Gasteiger partial charge in [-0.25, -0.2) is 0 Å². The zero-order valence-corrected chi connectivity index (χ0v) is 9.98. The third-order valence-corrected chi connectivity index (χ3v) is 2.92. The van der Waals surface area contributed by atoms with Gasteiger partial charge < -0.3 is 10.4 Å². The summed E-state index contributed by atoms with van der Waals surface area (Å²) >= 11 is 0. The van der Waals surface area contributed by atoms with Crippen LogP contribution in [-0.4, -0.2) is 23.8 Å². The molecule has 1 saturated carbocycles. The van der Waals surface area contributed by atoms with Crippen LogP contribution in [-0.2, 0) is 0 Å². The Morgan fingerprint density at radius 1 is 1.21 bits per heavy atom. The van der Waals surface area contributed by atoms with E-state index in [1.807, 2.05) is 0 Å². The Labute approximate surface area is 93.9 Å². The first-order valence-corrected chi connectivity index (χ1v) is 5.76. The van der Waals surface area contributed by atoms with E-state index in [1.54, 1.807) is 0 Å². The third kappa shape index (κ3) is 5.18. The van der Waals surface area contributed by atoms with Gasteiger partial charge in [-0.15, -0.1) is 12.4 Å². The van der Waals surface area contributed by atoms with Gasteiger partial charge >= 0.3 is 0 Å². The maximum absolute atomic E-state index is 9.79. The largest absolute Gasteiger partial charge is 0.392 e. The highest BCUT2D eigenvalue weighted by molar-refractivity contribution is 5.85. The SMILES string of the molecule is CCCCNC1CCCCC[C@H]1O.Cl. The van der Waals surface area contributed by atoms with E-state index in [0.717, 1.165) is 19.4 Å². The van der Waals surface area contributed by atoms with E-state index in [1.165, 1.54) is 32.1 Å². The molecule has 1 aliphatic rings. The normalized spacial score (nSPS) is 27.9. The second-order valence-electron chi connectivity index (χ2n) is 4.12. The van der Waals surface area contributed by atoms with Crippen LogP contribution in [0.1, 0.15) is 51.9 Å². The minimum Gasteiger partial charge on any atom is -0.392 e. The van der Waals surface area contributed by atoms with Crippen LogP contribution in [0.4, 0.5) is 0 Å². The molecule has 0 bridgehead atoms. The summed E-state index contributed by atoms with van der Waals surface area (Å²) < 4.78 is 0. The topological polar surface area (TPSA) is 32.3 Å². The summed E-state index contributed by atoms with van der Waals surface area (Å²) in [6.07, 6.45) is 8.28. The summed E-state index contributed by atoms with van der Waals surface area (Å²) in [4.78, 5) is 0. The zero-order valence-electron chi connectivity index (χ0n) is 9.17. The van der Waals surface area contributed by atoms with E-state index < -0.39 is 0 Å². The first-order chi connectivity index (χ1) is 6.34. The predicted molar refractivity (Wildman–Crippen MR) is 63.0 cm³/mol. The monoisotopic (exact) mass is 221 g/mol. The van der Waals surface area contributed by atoms with Crippen LogP contribution in [0, 0.1) is 0 Å². The van der Waals surface area contributed by atoms with Crippen molar-refractivity contribution in [2.45, 2.75) is 64.0 Å². The average Bonchev–Trinajstić information content (AvgIpc) is 2.32. The number of hydrogen-bond donors (Lipinski definition) is 2. The number of aliphatic hydroxyl groups excluding tert-OH is 1. The molecule has 2 atom stereocenters. The van der Waals surface area contributed by atoms with E-state index in [0.29, 0.717) is 6.04 Å². The molecular weight excluding hydrogens is 198 g/mol. The second kappa shape index (κ2) is 8.51. The Balaban J connectivity index is 0.00000169. The lowest BCUT2D eigenvalue weighted by molar-refractivity contribution is 0.120. The van der Waals surface area contributed by atoms with Crippen molar-refractivity contribution in [3.63, 3.8) is 0 Å². The van der Waals surface area contributed by atoms with Gasteiger partial charge in [0.15, 0.2) is 0 Å². The number of hydrogen-bond acceptors (Lipinski definition) is 2. The number of aliphatic hydroxyl groups is 1. The van der Waals surface area contributed by atoms with Gasteiger partial charge in [-0.05, 0) is 25.8 Å². The molecule has 0 aliphatic heterocycles. The Morgan fingerprint density at radius 3 is 2.64 bits per heavy atom. The fraction of sp³-hybridized carbons (Fsp3) is 1.00. The maximum atomic E-state index is 9.79. The first-order valence-electron chi connectivity index (χ1n) is 5.76. The molecule has 1 fully saturated rings. The molecule has 0 aromatic rings. The van der Waals surface area contributed by atoms with E-state index >= 15 is 0 Å². The van der Waals surface area contributed by atoms with Crippen molar-refractivity contribution in [2.75, 3.05) is 6.54 Å². The molecule has 0 amide bonds. The van der Waals surface area contributed by atoms with Crippen LogP contribution in [0.5, 0.6) is 0 Å². The molecule has 1 unspecified atom stereocenters. The Bertz CT molecular complexity index is 132. The van der Waals surface area contributed by atoms with Crippen LogP contribution >= 0.6 is 12.4 Å². The number of halogens is 1. The molecule has 1 rings (SSSR count). The van der Waals surface area contributed by atoms with Gasteiger partial charge in [0.2, 0.25) is 0 Å². The summed E-state index contributed by atoms with van der Waals surface area (Å²) in [6.45, 7) is 3.27. The number of unbranched alkanes of at least 4 members (excludes halogenated alkanes) is 1. The predicted octanol–water partition coefficient (Wildman–Crippen LogP) is 2.49. The molecule has 0 aromatic heterocycles.